The van der Waals surface area contributed by atoms with Gasteiger partial charge in [0.1, 0.15) is 0 Å². The van der Waals surface area contributed by atoms with Crippen LogP contribution in [0.1, 0.15) is 25.8 Å². The fourth-order valence-electron chi connectivity index (χ4n) is 1.34. The third kappa shape index (κ3) is 4.89. The standard InChI is InChI=1S/C12H18N2O2/c1-3-16-12(15)7-10(2)14-9-11-5-4-6-13-8-11/h4-6,8,10,14H,3,7,9H2,1-2H3. The van der Waals surface area contributed by atoms with Crippen molar-refractivity contribution in [2.24, 2.45) is 0 Å². The van der Waals surface area contributed by atoms with Crippen molar-refractivity contribution in [1.29, 1.82) is 0 Å². The van der Waals surface area contributed by atoms with E-state index in [1.165, 1.54) is 0 Å². The largest absolute Gasteiger partial charge is 0.466 e. The molecule has 1 heterocycles. The van der Waals surface area contributed by atoms with Gasteiger partial charge in [-0.15, -0.1) is 0 Å². The second kappa shape index (κ2) is 6.95. The zero-order chi connectivity index (χ0) is 11.8. The average molecular weight is 222 g/mol. The summed E-state index contributed by atoms with van der Waals surface area (Å²) in [5, 5.41) is 3.25. The molecule has 1 atom stereocenters. The third-order valence-corrected chi connectivity index (χ3v) is 2.16. The first-order valence-corrected chi connectivity index (χ1v) is 5.50. The zero-order valence-corrected chi connectivity index (χ0v) is 9.77. The van der Waals surface area contributed by atoms with Crippen LogP contribution >= 0.6 is 0 Å². The molecule has 0 fully saturated rings. The first kappa shape index (κ1) is 12.6. The van der Waals surface area contributed by atoms with Crippen molar-refractivity contribution in [1.82, 2.24) is 10.3 Å². The zero-order valence-electron chi connectivity index (χ0n) is 9.77. The Morgan fingerprint density at radius 3 is 3.06 bits per heavy atom. The normalized spacial score (nSPS) is 12.1. The van der Waals surface area contributed by atoms with E-state index >= 15 is 0 Å². The molecule has 0 aliphatic heterocycles. The number of pyridine rings is 1. The fourth-order valence-corrected chi connectivity index (χ4v) is 1.34. The Hall–Kier alpha value is -1.42. The highest BCUT2D eigenvalue weighted by Gasteiger charge is 2.08. The number of esters is 1. The lowest BCUT2D eigenvalue weighted by Crippen LogP contribution is -2.28. The Kier molecular flexibility index (Phi) is 5.50. The second-order valence-electron chi connectivity index (χ2n) is 3.65. The Labute approximate surface area is 96.0 Å². The number of carbonyl (C=O) groups is 1. The minimum atomic E-state index is -0.159. The lowest BCUT2D eigenvalue weighted by molar-refractivity contribution is -0.143. The molecule has 1 aromatic rings. The van der Waals surface area contributed by atoms with Crippen molar-refractivity contribution < 1.29 is 9.53 Å². The Balaban J connectivity index is 2.25. The summed E-state index contributed by atoms with van der Waals surface area (Å²) in [6.07, 6.45) is 3.95. The van der Waals surface area contributed by atoms with Gasteiger partial charge in [0.15, 0.2) is 0 Å². The fraction of sp³-hybridized carbons (Fsp3) is 0.500. The van der Waals surface area contributed by atoms with Crippen LogP contribution in [0.5, 0.6) is 0 Å². The van der Waals surface area contributed by atoms with Crippen LogP contribution in [0.3, 0.4) is 0 Å². The summed E-state index contributed by atoms with van der Waals surface area (Å²) in [5.41, 5.74) is 1.11. The summed E-state index contributed by atoms with van der Waals surface area (Å²) in [6, 6.07) is 4.00. The number of carbonyl (C=O) groups excluding carboxylic acids is 1. The number of nitrogens with zero attached hydrogens (tertiary/aromatic N) is 1. The molecule has 0 aromatic carbocycles. The van der Waals surface area contributed by atoms with Crippen LogP contribution in [-0.4, -0.2) is 23.6 Å². The van der Waals surface area contributed by atoms with Crippen LogP contribution in [0.4, 0.5) is 0 Å². The van der Waals surface area contributed by atoms with Crippen LogP contribution in [0, 0.1) is 0 Å². The van der Waals surface area contributed by atoms with Crippen molar-refractivity contribution in [3.8, 4) is 0 Å². The molecule has 4 heteroatoms. The van der Waals surface area contributed by atoms with Gasteiger partial charge in [-0.2, -0.15) is 0 Å². The summed E-state index contributed by atoms with van der Waals surface area (Å²) < 4.78 is 4.87. The quantitative estimate of drug-likeness (QED) is 0.741. The minimum Gasteiger partial charge on any atom is -0.466 e. The lowest BCUT2D eigenvalue weighted by Gasteiger charge is -2.12. The van der Waals surface area contributed by atoms with Crippen LogP contribution in [0.25, 0.3) is 0 Å². The van der Waals surface area contributed by atoms with Gasteiger partial charge in [-0.05, 0) is 25.5 Å². The molecule has 4 nitrogen and oxygen atoms in total. The smallest absolute Gasteiger partial charge is 0.307 e. The Morgan fingerprint density at radius 2 is 2.44 bits per heavy atom. The van der Waals surface area contributed by atoms with Crippen molar-refractivity contribution in [2.75, 3.05) is 6.61 Å². The van der Waals surface area contributed by atoms with E-state index in [1.807, 2.05) is 32.2 Å². The molecule has 0 aliphatic carbocycles. The summed E-state index contributed by atoms with van der Waals surface area (Å²) in [4.78, 5) is 15.2. The van der Waals surface area contributed by atoms with Crippen molar-refractivity contribution >= 4 is 5.97 Å². The molecule has 0 spiro atoms. The molecule has 0 saturated carbocycles. The van der Waals surface area contributed by atoms with Gasteiger partial charge in [0.25, 0.3) is 0 Å². The molecular formula is C12H18N2O2. The number of aromatic nitrogens is 1. The first-order chi connectivity index (χ1) is 7.72. The molecule has 0 bridgehead atoms. The highest BCUT2D eigenvalue weighted by molar-refractivity contribution is 5.69. The van der Waals surface area contributed by atoms with Gasteiger partial charge >= 0.3 is 5.97 Å². The first-order valence-electron chi connectivity index (χ1n) is 5.50. The van der Waals surface area contributed by atoms with Crippen LogP contribution in [0.2, 0.25) is 0 Å². The molecule has 0 amide bonds. The van der Waals surface area contributed by atoms with Crippen molar-refractivity contribution in [2.45, 2.75) is 32.9 Å². The maximum atomic E-state index is 11.2. The Morgan fingerprint density at radius 1 is 1.62 bits per heavy atom. The molecule has 0 radical (unpaired) electrons. The molecule has 1 unspecified atom stereocenters. The topological polar surface area (TPSA) is 51.2 Å². The van der Waals surface area contributed by atoms with Crippen molar-refractivity contribution in [3.05, 3.63) is 30.1 Å². The van der Waals surface area contributed by atoms with E-state index in [0.717, 1.165) is 5.56 Å². The maximum absolute atomic E-state index is 11.2. The molecule has 1 rings (SSSR count). The Bertz CT molecular complexity index is 314. The monoisotopic (exact) mass is 222 g/mol. The summed E-state index contributed by atoms with van der Waals surface area (Å²) in [5.74, 6) is -0.159. The molecule has 0 saturated heterocycles. The number of ether oxygens (including phenoxy) is 1. The minimum absolute atomic E-state index is 0.110. The van der Waals surface area contributed by atoms with E-state index in [4.69, 9.17) is 4.74 Å². The molecule has 16 heavy (non-hydrogen) atoms. The number of hydrogen-bond donors (Lipinski definition) is 1. The van der Waals surface area contributed by atoms with E-state index in [9.17, 15) is 4.79 Å². The van der Waals surface area contributed by atoms with Crippen LogP contribution < -0.4 is 5.32 Å². The van der Waals surface area contributed by atoms with E-state index < -0.39 is 0 Å². The lowest BCUT2D eigenvalue weighted by atomic mass is 10.2. The molecule has 0 aliphatic rings. The maximum Gasteiger partial charge on any atom is 0.307 e. The molecule has 1 aromatic heterocycles. The summed E-state index contributed by atoms with van der Waals surface area (Å²) in [7, 11) is 0. The van der Waals surface area contributed by atoms with Crippen LogP contribution in [0.15, 0.2) is 24.5 Å². The highest BCUT2D eigenvalue weighted by Crippen LogP contribution is 1.98. The van der Waals surface area contributed by atoms with E-state index in [2.05, 4.69) is 10.3 Å². The van der Waals surface area contributed by atoms with E-state index in [0.29, 0.717) is 19.6 Å². The van der Waals surface area contributed by atoms with Gasteiger partial charge in [-0.25, -0.2) is 0 Å². The predicted octanol–water partition coefficient (Wildman–Crippen LogP) is 1.51. The SMILES string of the molecule is CCOC(=O)CC(C)NCc1cccnc1. The average Bonchev–Trinajstić information content (AvgIpc) is 2.28. The van der Waals surface area contributed by atoms with Gasteiger partial charge in [-0.3, -0.25) is 9.78 Å². The molecule has 1 N–H and O–H groups in total. The number of rotatable bonds is 6. The number of nitrogens with one attached hydrogen (secondary N) is 1. The molecule has 88 valence electrons. The van der Waals surface area contributed by atoms with Gasteiger partial charge < -0.3 is 10.1 Å². The van der Waals surface area contributed by atoms with E-state index in [-0.39, 0.29) is 12.0 Å². The predicted molar refractivity (Wildman–Crippen MR) is 61.8 cm³/mol. The van der Waals surface area contributed by atoms with Crippen molar-refractivity contribution in [3.63, 3.8) is 0 Å². The van der Waals surface area contributed by atoms with Gasteiger partial charge in [0, 0.05) is 25.0 Å². The summed E-state index contributed by atoms with van der Waals surface area (Å²) in [6.45, 7) is 4.93. The highest BCUT2D eigenvalue weighted by atomic mass is 16.5. The third-order valence-electron chi connectivity index (χ3n) is 2.16. The van der Waals surface area contributed by atoms with Crippen LogP contribution in [-0.2, 0) is 16.1 Å². The van der Waals surface area contributed by atoms with E-state index in [1.54, 1.807) is 6.20 Å². The summed E-state index contributed by atoms with van der Waals surface area (Å²) >= 11 is 0. The second-order valence-corrected chi connectivity index (χ2v) is 3.65. The van der Waals surface area contributed by atoms with Gasteiger partial charge in [0.05, 0.1) is 13.0 Å². The van der Waals surface area contributed by atoms with Gasteiger partial charge in [0.2, 0.25) is 0 Å². The number of hydrogen-bond acceptors (Lipinski definition) is 4. The van der Waals surface area contributed by atoms with Gasteiger partial charge in [-0.1, -0.05) is 6.07 Å². The molecular weight excluding hydrogens is 204 g/mol.